The fourth-order valence-electron chi connectivity index (χ4n) is 1.79. The number of benzene rings is 1. The second-order valence-corrected chi connectivity index (χ2v) is 4.76. The zero-order valence-corrected chi connectivity index (χ0v) is 12.7. The maximum atomic E-state index is 11.7. The van der Waals surface area contributed by atoms with Crippen LogP contribution in [0.4, 0.5) is 0 Å². The molecule has 0 spiro atoms. The van der Waals surface area contributed by atoms with Gasteiger partial charge in [-0.15, -0.1) is 0 Å². The number of rotatable bonds is 6. The van der Waals surface area contributed by atoms with Gasteiger partial charge in [0.2, 0.25) is 0 Å². The minimum Gasteiger partial charge on any atom is -0.484 e. The van der Waals surface area contributed by atoms with Crippen molar-refractivity contribution in [1.29, 1.82) is 0 Å². The molecule has 0 radical (unpaired) electrons. The number of pyridine rings is 1. The number of hydrazone groups is 1. The first-order valence-corrected chi connectivity index (χ1v) is 7.14. The van der Waals surface area contributed by atoms with E-state index < -0.39 is 0 Å². The van der Waals surface area contributed by atoms with Gasteiger partial charge in [-0.3, -0.25) is 9.78 Å². The van der Waals surface area contributed by atoms with Gasteiger partial charge in [0.05, 0.1) is 5.71 Å². The summed E-state index contributed by atoms with van der Waals surface area (Å²) in [6, 6.07) is 11.4. The summed E-state index contributed by atoms with van der Waals surface area (Å²) in [6.07, 6.45) is 4.35. The van der Waals surface area contributed by atoms with E-state index in [1.54, 1.807) is 12.4 Å². The molecule has 1 aromatic carbocycles. The third kappa shape index (κ3) is 4.70. The molecule has 0 aliphatic carbocycles. The molecule has 0 saturated heterocycles. The molecule has 5 heteroatoms. The Hall–Kier alpha value is -2.69. The van der Waals surface area contributed by atoms with E-state index >= 15 is 0 Å². The van der Waals surface area contributed by atoms with E-state index in [0.717, 1.165) is 12.0 Å². The van der Waals surface area contributed by atoms with Crippen molar-refractivity contribution in [3.63, 3.8) is 0 Å². The number of nitrogens with zero attached hydrogens (tertiary/aromatic N) is 2. The molecular weight excluding hydrogens is 278 g/mol. The molecule has 5 nitrogen and oxygen atoms in total. The summed E-state index contributed by atoms with van der Waals surface area (Å²) in [5.74, 6) is 0.364. The summed E-state index contributed by atoms with van der Waals surface area (Å²) >= 11 is 0. The average Bonchev–Trinajstić information content (AvgIpc) is 2.59. The summed E-state index contributed by atoms with van der Waals surface area (Å²) in [4.78, 5) is 15.7. The van der Waals surface area contributed by atoms with Crippen molar-refractivity contribution in [3.8, 4) is 5.75 Å². The molecule has 0 bridgehead atoms. The Bertz CT molecular complexity index is 637. The van der Waals surface area contributed by atoms with E-state index in [2.05, 4.69) is 22.4 Å². The molecule has 2 rings (SSSR count). The first-order valence-electron chi connectivity index (χ1n) is 7.14. The molecule has 0 unspecified atom stereocenters. The van der Waals surface area contributed by atoms with E-state index in [0.29, 0.717) is 11.5 Å². The zero-order valence-electron chi connectivity index (χ0n) is 12.7. The number of carbonyl (C=O) groups is 1. The number of aryl methyl sites for hydroxylation is 1. The highest BCUT2D eigenvalue weighted by molar-refractivity contribution is 5.98. The minimum atomic E-state index is -0.303. The second kappa shape index (κ2) is 7.93. The van der Waals surface area contributed by atoms with Crippen LogP contribution in [0.2, 0.25) is 0 Å². The van der Waals surface area contributed by atoms with Gasteiger partial charge in [-0.05, 0) is 37.1 Å². The molecular formula is C17H19N3O2. The van der Waals surface area contributed by atoms with Crippen molar-refractivity contribution in [2.24, 2.45) is 5.10 Å². The smallest absolute Gasteiger partial charge is 0.277 e. The van der Waals surface area contributed by atoms with Crippen LogP contribution in [0.3, 0.4) is 0 Å². The van der Waals surface area contributed by atoms with Crippen molar-refractivity contribution in [3.05, 3.63) is 59.9 Å². The Balaban J connectivity index is 1.82. The summed E-state index contributed by atoms with van der Waals surface area (Å²) in [5.41, 5.74) is 5.25. The quantitative estimate of drug-likeness (QED) is 0.658. The molecule has 0 fully saturated rings. The van der Waals surface area contributed by atoms with Gasteiger partial charge < -0.3 is 4.74 Å². The van der Waals surface area contributed by atoms with Crippen LogP contribution in [0, 0.1) is 0 Å². The van der Waals surface area contributed by atoms with E-state index in [4.69, 9.17) is 4.74 Å². The Morgan fingerprint density at radius 2 is 2.05 bits per heavy atom. The van der Waals surface area contributed by atoms with E-state index in [9.17, 15) is 4.79 Å². The lowest BCUT2D eigenvalue weighted by Gasteiger charge is -2.06. The van der Waals surface area contributed by atoms with Crippen LogP contribution < -0.4 is 10.2 Å². The molecule has 1 heterocycles. The molecule has 0 atom stereocenters. The first kappa shape index (κ1) is 15.7. The van der Waals surface area contributed by atoms with E-state index in [1.165, 1.54) is 5.56 Å². The highest BCUT2D eigenvalue weighted by Crippen LogP contribution is 2.12. The van der Waals surface area contributed by atoms with Crippen LogP contribution in [0.25, 0.3) is 0 Å². The molecule has 0 aliphatic rings. The minimum absolute atomic E-state index is 0.0741. The average molecular weight is 297 g/mol. The lowest BCUT2D eigenvalue weighted by Crippen LogP contribution is -2.25. The van der Waals surface area contributed by atoms with Crippen LogP contribution in [-0.2, 0) is 11.2 Å². The topological polar surface area (TPSA) is 63.6 Å². The summed E-state index contributed by atoms with van der Waals surface area (Å²) in [6.45, 7) is 3.82. The lowest BCUT2D eigenvalue weighted by molar-refractivity contribution is -0.123. The summed E-state index contributed by atoms with van der Waals surface area (Å²) in [7, 11) is 0. The lowest BCUT2D eigenvalue weighted by atomic mass is 10.2. The van der Waals surface area contributed by atoms with Crippen molar-refractivity contribution >= 4 is 11.6 Å². The molecule has 22 heavy (non-hydrogen) atoms. The van der Waals surface area contributed by atoms with Crippen molar-refractivity contribution in [2.45, 2.75) is 20.3 Å². The van der Waals surface area contributed by atoms with Gasteiger partial charge in [0.25, 0.3) is 5.91 Å². The molecule has 1 N–H and O–H groups in total. The van der Waals surface area contributed by atoms with Gasteiger partial charge in [0, 0.05) is 18.0 Å². The fourth-order valence-corrected chi connectivity index (χ4v) is 1.79. The molecule has 2 aromatic rings. The standard InChI is InChI=1S/C17H19N3O2/c1-3-14-6-8-16(9-7-14)22-12-17(21)20-19-13(2)15-5-4-10-18-11-15/h4-11H,3,12H2,1-2H3,(H,20,21)/b19-13+. The monoisotopic (exact) mass is 297 g/mol. The van der Waals surface area contributed by atoms with Crippen molar-refractivity contribution in [2.75, 3.05) is 6.61 Å². The summed E-state index contributed by atoms with van der Waals surface area (Å²) in [5, 5.41) is 4.03. The van der Waals surface area contributed by atoms with E-state index in [1.807, 2.05) is 43.3 Å². The fraction of sp³-hybridized carbons (Fsp3) is 0.235. The SMILES string of the molecule is CCc1ccc(OCC(=O)N/N=C(\C)c2cccnc2)cc1. The zero-order chi connectivity index (χ0) is 15.8. The predicted molar refractivity (Wildman–Crippen MR) is 85.9 cm³/mol. The van der Waals surface area contributed by atoms with Gasteiger partial charge in [0.1, 0.15) is 5.75 Å². The number of nitrogens with one attached hydrogen (secondary N) is 1. The van der Waals surface area contributed by atoms with Gasteiger partial charge in [0.15, 0.2) is 6.61 Å². The highest BCUT2D eigenvalue weighted by Gasteiger charge is 2.03. The molecule has 114 valence electrons. The van der Waals surface area contributed by atoms with E-state index in [-0.39, 0.29) is 12.5 Å². The largest absolute Gasteiger partial charge is 0.484 e. The number of ether oxygens (including phenoxy) is 1. The van der Waals surface area contributed by atoms with Gasteiger partial charge in [-0.2, -0.15) is 5.10 Å². The molecule has 0 aliphatic heterocycles. The Kier molecular flexibility index (Phi) is 5.65. The van der Waals surface area contributed by atoms with Crippen LogP contribution in [0.1, 0.15) is 25.0 Å². The number of hydrogen-bond donors (Lipinski definition) is 1. The van der Waals surface area contributed by atoms with Crippen molar-refractivity contribution in [1.82, 2.24) is 10.4 Å². The van der Waals surface area contributed by atoms with Gasteiger partial charge in [-0.25, -0.2) is 5.43 Å². The number of amides is 1. The Morgan fingerprint density at radius 3 is 2.68 bits per heavy atom. The van der Waals surface area contributed by atoms with Gasteiger partial charge >= 0.3 is 0 Å². The molecule has 1 aromatic heterocycles. The third-order valence-corrected chi connectivity index (χ3v) is 3.13. The van der Waals surface area contributed by atoms with Crippen LogP contribution >= 0.6 is 0 Å². The Morgan fingerprint density at radius 1 is 1.27 bits per heavy atom. The van der Waals surface area contributed by atoms with Crippen molar-refractivity contribution < 1.29 is 9.53 Å². The molecule has 1 amide bonds. The number of hydrogen-bond acceptors (Lipinski definition) is 4. The summed E-state index contributed by atoms with van der Waals surface area (Å²) < 4.78 is 5.41. The number of carbonyl (C=O) groups excluding carboxylic acids is 1. The van der Waals surface area contributed by atoms with Crippen LogP contribution in [-0.4, -0.2) is 23.2 Å². The third-order valence-electron chi connectivity index (χ3n) is 3.13. The highest BCUT2D eigenvalue weighted by atomic mass is 16.5. The van der Waals surface area contributed by atoms with Crippen LogP contribution in [0.5, 0.6) is 5.75 Å². The maximum absolute atomic E-state index is 11.7. The van der Waals surface area contributed by atoms with Crippen LogP contribution in [0.15, 0.2) is 53.9 Å². The maximum Gasteiger partial charge on any atom is 0.277 e. The van der Waals surface area contributed by atoms with Gasteiger partial charge in [-0.1, -0.05) is 25.1 Å². The first-order chi connectivity index (χ1) is 10.7. The predicted octanol–water partition coefficient (Wildman–Crippen LogP) is 2.56. The normalized spacial score (nSPS) is 11.1. The number of aromatic nitrogens is 1. The molecule has 0 saturated carbocycles. The Labute approximate surface area is 130 Å². The second-order valence-electron chi connectivity index (χ2n) is 4.76.